The molecule has 4 rings (SSSR count). The van der Waals surface area contributed by atoms with Crippen molar-refractivity contribution < 1.29 is 42.8 Å². The second-order valence-electron chi connectivity index (χ2n) is 8.75. The van der Waals surface area contributed by atoms with E-state index in [-0.39, 0.29) is 30.4 Å². The van der Waals surface area contributed by atoms with E-state index in [0.29, 0.717) is 13.0 Å². The highest BCUT2D eigenvalue weighted by Crippen LogP contribution is 2.49. The van der Waals surface area contributed by atoms with Gasteiger partial charge in [-0.25, -0.2) is 4.79 Å². The molecule has 0 radical (unpaired) electrons. The first-order chi connectivity index (χ1) is 13.6. The van der Waals surface area contributed by atoms with Gasteiger partial charge in [0.25, 0.3) is 5.79 Å². The van der Waals surface area contributed by atoms with Crippen molar-refractivity contribution in [1.82, 2.24) is 5.06 Å². The lowest BCUT2D eigenvalue weighted by Crippen LogP contribution is -2.55. The zero-order chi connectivity index (χ0) is 21.2. The maximum Gasteiger partial charge on any atom is 0.369 e. The quantitative estimate of drug-likeness (QED) is 0.467. The highest BCUT2D eigenvalue weighted by molar-refractivity contribution is 5.78. The van der Waals surface area contributed by atoms with Crippen LogP contribution in [0.1, 0.15) is 34.1 Å². The number of hydrogen-bond donors (Lipinski definition) is 0. The van der Waals surface area contributed by atoms with Gasteiger partial charge in [0.15, 0.2) is 11.6 Å². The van der Waals surface area contributed by atoms with E-state index in [2.05, 4.69) is 0 Å². The molecule has 4 fully saturated rings. The number of fused-ring (bicyclic) bond motifs is 3. The van der Waals surface area contributed by atoms with Gasteiger partial charge in [-0.05, 0) is 27.7 Å². The molecule has 0 spiro atoms. The molecule has 0 aliphatic carbocycles. The molecule has 0 aromatic carbocycles. The summed E-state index contributed by atoms with van der Waals surface area (Å²) < 4.78 is 40.2. The summed E-state index contributed by atoms with van der Waals surface area (Å²) in [5.41, 5.74) is 0. The molecule has 4 aliphatic heterocycles. The number of nitrogens with zero attached hydrogens (tertiary/aromatic N) is 1. The number of hydrogen-bond acceptors (Lipinski definition) is 10. The van der Waals surface area contributed by atoms with Gasteiger partial charge in [-0.3, -0.25) is 4.84 Å². The second kappa shape index (κ2) is 7.10. The van der Waals surface area contributed by atoms with Gasteiger partial charge in [0.05, 0.1) is 25.8 Å². The number of hydroxylamine groups is 2. The summed E-state index contributed by atoms with van der Waals surface area (Å²) in [6.45, 7) is 7.92. The van der Waals surface area contributed by atoms with Crippen molar-refractivity contribution in [2.24, 2.45) is 0 Å². The molecule has 10 heteroatoms. The largest absolute Gasteiger partial charge is 0.465 e. The van der Waals surface area contributed by atoms with E-state index in [0.717, 1.165) is 0 Å². The van der Waals surface area contributed by atoms with Crippen molar-refractivity contribution in [2.45, 2.75) is 88.0 Å². The first-order valence-electron chi connectivity index (χ1n) is 9.88. The maximum atomic E-state index is 12.5. The Labute approximate surface area is 170 Å². The Morgan fingerprint density at radius 3 is 2.21 bits per heavy atom. The molecule has 0 unspecified atom stereocenters. The van der Waals surface area contributed by atoms with Crippen LogP contribution in [0.15, 0.2) is 0 Å². The van der Waals surface area contributed by atoms with Crippen LogP contribution in [-0.4, -0.2) is 92.8 Å². The van der Waals surface area contributed by atoms with Crippen LogP contribution in [0.5, 0.6) is 0 Å². The Hall–Kier alpha value is -0.850. The molecule has 166 valence electrons. The molecule has 0 aromatic rings. The van der Waals surface area contributed by atoms with Crippen LogP contribution in [0.25, 0.3) is 0 Å². The minimum atomic E-state index is -1.68. The third-order valence-corrected chi connectivity index (χ3v) is 6.12. The van der Waals surface area contributed by atoms with Gasteiger partial charge in [-0.15, -0.1) is 0 Å². The fraction of sp³-hybridized carbons (Fsp3) is 0.947. The van der Waals surface area contributed by atoms with Crippen molar-refractivity contribution >= 4 is 5.97 Å². The van der Waals surface area contributed by atoms with Crippen molar-refractivity contribution in [3.05, 3.63) is 0 Å². The average Bonchev–Trinajstić information content (AvgIpc) is 3.36. The van der Waals surface area contributed by atoms with Crippen LogP contribution in [0, 0.1) is 0 Å². The molecule has 6 atom stereocenters. The van der Waals surface area contributed by atoms with Gasteiger partial charge in [0, 0.05) is 20.6 Å². The normalized spacial score (nSPS) is 40.8. The molecule has 0 aromatic heterocycles. The van der Waals surface area contributed by atoms with E-state index in [4.69, 9.17) is 38.0 Å². The molecular formula is C19H31NO9. The topological polar surface area (TPSA) is 94.2 Å². The molecule has 4 aliphatic rings. The number of methoxy groups -OCH3 is 3. The van der Waals surface area contributed by atoms with Crippen molar-refractivity contribution in [1.29, 1.82) is 0 Å². The predicted molar refractivity (Wildman–Crippen MR) is 96.4 cm³/mol. The van der Waals surface area contributed by atoms with Crippen molar-refractivity contribution in [3.63, 3.8) is 0 Å². The number of carbonyl (C=O) groups is 1. The van der Waals surface area contributed by atoms with Crippen LogP contribution >= 0.6 is 0 Å². The summed E-state index contributed by atoms with van der Waals surface area (Å²) in [6.07, 6.45) is -1.07. The van der Waals surface area contributed by atoms with E-state index < -0.39 is 29.4 Å². The molecular weight excluding hydrogens is 386 g/mol. The molecule has 0 bridgehead atoms. The Morgan fingerprint density at radius 1 is 1.00 bits per heavy atom. The van der Waals surface area contributed by atoms with E-state index in [1.807, 2.05) is 32.8 Å². The van der Waals surface area contributed by atoms with Crippen LogP contribution < -0.4 is 0 Å². The summed E-state index contributed by atoms with van der Waals surface area (Å²) in [5.74, 6) is -3.76. The fourth-order valence-electron chi connectivity index (χ4n) is 4.96. The van der Waals surface area contributed by atoms with Crippen LogP contribution in [0.4, 0.5) is 0 Å². The molecule has 0 saturated carbocycles. The number of rotatable bonds is 5. The smallest absolute Gasteiger partial charge is 0.369 e. The highest BCUT2D eigenvalue weighted by atomic mass is 16.8. The van der Waals surface area contributed by atoms with E-state index in [1.54, 1.807) is 0 Å². The van der Waals surface area contributed by atoms with Crippen LogP contribution in [0.3, 0.4) is 0 Å². The molecule has 4 heterocycles. The first-order valence-corrected chi connectivity index (χ1v) is 9.88. The summed E-state index contributed by atoms with van der Waals surface area (Å²) in [5, 5.41) is 1.82. The number of esters is 1. The summed E-state index contributed by atoms with van der Waals surface area (Å²) in [4.78, 5) is 18.7. The van der Waals surface area contributed by atoms with Crippen molar-refractivity contribution in [2.75, 3.05) is 27.9 Å². The van der Waals surface area contributed by atoms with Crippen molar-refractivity contribution in [3.8, 4) is 0 Å². The summed E-state index contributed by atoms with van der Waals surface area (Å²) in [6, 6.07) is -0.443. The van der Waals surface area contributed by atoms with Gasteiger partial charge in [-0.2, -0.15) is 5.06 Å². The van der Waals surface area contributed by atoms with Gasteiger partial charge >= 0.3 is 5.97 Å². The molecule has 0 N–H and O–H groups in total. The molecule has 0 amide bonds. The Bertz CT molecular complexity index is 650. The lowest BCUT2D eigenvalue weighted by Gasteiger charge is -2.35. The lowest BCUT2D eigenvalue weighted by molar-refractivity contribution is -0.308. The molecule has 10 nitrogen and oxygen atoms in total. The standard InChI is InChI=1S/C19H31NO9/c1-17(2)25-9-11(26-17)13-15-14(27-18(3,4)28-15)10-8-12(29-20(10)13)19(23-6,24-7)16(21)22-5/h10-15H,8-9H2,1-7H3/t10-,11+,12-,13-,14+,15-/m0/s1. The van der Waals surface area contributed by atoms with Gasteiger partial charge < -0.3 is 33.2 Å². The molecule has 29 heavy (non-hydrogen) atoms. The number of ether oxygens (including phenoxy) is 7. The zero-order valence-electron chi connectivity index (χ0n) is 18.0. The average molecular weight is 417 g/mol. The summed E-state index contributed by atoms with van der Waals surface area (Å²) >= 11 is 0. The van der Waals surface area contributed by atoms with Crippen LogP contribution in [0.2, 0.25) is 0 Å². The second-order valence-corrected chi connectivity index (χ2v) is 8.75. The maximum absolute atomic E-state index is 12.5. The van der Waals surface area contributed by atoms with E-state index in [9.17, 15) is 4.79 Å². The Kier molecular flexibility index (Phi) is 5.23. The van der Waals surface area contributed by atoms with E-state index >= 15 is 0 Å². The van der Waals surface area contributed by atoms with Crippen LogP contribution in [-0.2, 0) is 42.8 Å². The highest BCUT2D eigenvalue weighted by Gasteiger charge is 2.67. The Morgan fingerprint density at radius 2 is 1.66 bits per heavy atom. The predicted octanol–water partition coefficient (Wildman–Crippen LogP) is 0.577. The monoisotopic (exact) mass is 417 g/mol. The zero-order valence-corrected chi connectivity index (χ0v) is 18.0. The number of carbonyl (C=O) groups excluding carboxylic acids is 1. The fourth-order valence-corrected chi connectivity index (χ4v) is 4.96. The first kappa shape index (κ1) is 21.4. The summed E-state index contributed by atoms with van der Waals surface area (Å²) in [7, 11) is 4.07. The van der Waals surface area contributed by atoms with Gasteiger partial charge in [0.1, 0.15) is 24.4 Å². The Balaban J connectivity index is 1.63. The van der Waals surface area contributed by atoms with E-state index in [1.165, 1.54) is 21.3 Å². The van der Waals surface area contributed by atoms with Gasteiger partial charge in [0.2, 0.25) is 0 Å². The SMILES string of the molecule is COC(=O)C(OC)(OC)[C@@H]1C[C@H]2[C@H]3OC(C)(C)O[C@H]3[C@H]([C@H]3COC(C)(C)O3)N2O1. The van der Waals surface area contributed by atoms with Gasteiger partial charge in [-0.1, -0.05) is 0 Å². The lowest BCUT2D eigenvalue weighted by atomic mass is 9.97. The minimum absolute atomic E-state index is 0.168. The molecule has 4 saturated heterocycles. The third-order valence-electron chi connectivity index (χ3n) is 6.12. The third kappa shape index (κ3) is 3.30. The minimum Gasteiger partial charge on any atom is -0.465 e.